The molecule has 1 unspecified atom stereocenters. The summed E-state index contributed by atoms with van der Waals surface area (Å²) >= 11 is 0. The molecule has 0 aromatic rings. The van der Waals surface area contributed by atoms with Gasteiger partial charge in [0.2, 0.25) is 0 Å². The first kappa shape index (κ1) is 54.6. The smallest absolute Gasteiger partial charge is 0.472 e. The molecule has 8 atom stereocenters. The third-order valence-electron chi connectivity index (χ3n) is 10.4. The highest BCUT2D eigenvalue weighted by atomic mass is 31.2. The minimum atomic E-state index is -4.78. The number of nitrogens with two attached hydrogens (primary N) is 1. The van der Waals surface area contributed by atoms with Crippen LogP contribution in [-0.2, 0) is 37.5 Å². The van der Waals surface area contributed by atoms with Gasteiger partial charge in [0.15, 0.2) is 6.10 Å². The Morgan fingerprint density at radius 1 is 0.729 bits per heavy atom. The van der Waals surface area contributed by atoms with Crippen molar-refractivity contribution in [2.75, 3.05) is 19.8 Å². The van der Waals surface area contributed by atoms with E-state index < -0.39 is 76.0 Å². The number of esters is 2. The first-order chi connectivity index (χ1) is 28.3. The van der Waals surface area contributed by atoms with E-state index in [9.17, 15) is 39.2 Å². The van der Waals surface area contributed by atoms with Crippen LogP contribution in [-0.4, -0.2) is 93.5 Å². The summed E-state index contributed by atoms with van der Waals surface area (Å²) in [6.45, 7) is 2.44. The Balaban J connectivity index is 2.50. The predicted molar refractivity (Wildman–Crippen MR) is 228 cm³/mol. The van der Waals surface area contributed by atoms with Crippen LogP contribution in [0.4, 0.5) is 0 Å². The summed E-state index contributed by atoms with van der Waals surface area (Å²) in [5.41, 5.74) is 5.33. The third kappa shape index (κ3) is 28.7. The van der Waals surface area contributed by atoms with Gasteiger partial charge in [-0.15, -0.1) is 0 Å². The molecule has 0 heterocycles. The Kier molecular flexibility index (Phi) is 31.6. The quantitative estimate of drug-likeness (QED) is 0.0150. The number of hydrogen-bond acceptors (Lipinski definition) is 12. The summed E-state index contributed by atoms with van der Waals surface area (Å²) in [5, 5.41) is 40.2. The zero-order valence-electron chi connectivity index (χ0n) is 35.9. The van der Waals surface area contributed by atoms with Gasteiger partial charge in [-0.1, -0.05) is 121 Å². The lowest BCUT2D eigenvalue weighted by Crippen LogP contribution is -2.34. The molecule has 59 heavy (non-hydrogen) atoms. The molecular weight excluding hydrogens is 781 g/mol. The van der Waals surface area contributed by atoms with Crippen LogP contribution in [0.3, 0.4) is 0 Å². The number of hydrogen-bond donors (Lipinski definition) is 6. The van der Waals surface area contributed by atoms with Crippen molar-refractivity contribution < 1.29 is 62.8 Å². The number of carboxylic acid groups (broad SMARTS) is 1. The Morgan fingerprint density at radius 3 is 1.95 bits per heavy atom. The van der Waals surface area contributed by atoms with Gasteiger partial charge >= 0.3 is 25.7 Å². The molecule has 342 valence electrons. The monoisotopic (exact) mass is 860 g/mol. The van der Waals surface area contributed by atoms with Gasteiger partial charge in [-0.2, -0.15) is 0 Å². The fraction of sp³-hybridized carbons (Fsp3) is 0.795. The van der Waals surface area contributed by atoms with Crippen LogP contribution in [0.5, 0.6) is 0 Å². The van der Waals surface area contributed by atoms with Gasteiger partial charge < -0.3 is 40.5 Å². The van der Waals surface area contributed by atoms with Gasteiger partial charge in [0.05, 0.1) is 31.5 Å². The molecule has 1 fully saturated rings. The highest BCUT2D eigenvalue weighted by Crippen LogP contribution is 2.43. The molecule has 0 saturated heterocycles. The second-order valence-corrected chi connectivity index (χ2v) is 17.2. The molecule has 1 rings (SSSR count). The number of carboxylic acids is 1. The Bertz CT molecular complexity index is 1260. The van der Waals surface area contributed by atoms with Crippen LogP contribution in [0.15, 0.2) is 36.5 Å². The van der Waals surface area contributed by atoms with Gasteiger partial charge in [-0.25, -0.2) is 4.57 Å². The van der Waals surface area contributed by atoms with Crippen LogP contribution in [0, 0.1) is 11.8 Å². The normalized spacial score (nSPS) is 20.9. The van der Waals surface area contributed by atoms with Crippen molar-refractivity contribution in [2.45, 2.75) is 192 Å². The largest absolute Gasteiger partial charge is 0.480 e. The highest BCUT2D eigenvalue weighted by molar-refractivity contribution is 7.47. The van der Waals surface area contributed by atoms with E-state index in [-0.39, 0.29) is 31.1 Å². The van der Waals surface area contributed by atoms with Gasteiger partial charge in [-0.3, -0.25) is 23.4 Å². The minimum Gasteiger partial charge on any atom is -0.480 e. The molecule has 7 N–H and O–H groups in total. The molecule has 14 nitrogen and oxygen atoms in total. The number of ether oxygens (including phenoxy) is 2. The standard InChI is InChI=1S/C44H78NO13P/c1-3-5-7-8-9-10-11-12-13-14-15-16-17-18-24-28-43(50)58-36(33-56-59(53,54)57-34-39(45)44(51)52)32-55-42(49)27-23-20-19-22-26-37-38(41(48)31-40(37)47)30-29-35(46)25-21-6-4-2/h10-11,19,22,29-30,35-41,46-48H,3-9,12-18,20-21,23-28,31-34,45H2,1-2H3,(H,51,52)(H,53,54)/b11-10-,22-19+,30-29+/t35-,36+,37+,38+,39-,40-,41+/m0/s1. The Hall–Kier alpha value is -2.42. The Labute approximate surface area is 353 Å². The SMILES string of the molecule is CCCCCC/C=C\CCCCCCCCCC(=O)O[C@H](COC(=O)CCC/C=C/C[C@@H]1[C@@H](/C=C/[C@@H](O)CCCCC)[C@H](O)C[C@@H]1O)COP(=O)(O)OC[C@H](N)C(=O)O. The number of aliphatic hydroxyl groups excluding tert-OH is 3. The van der Waals surface area contributed by atoms with Crippen LogP contribution < -0.4 is 5.73 Å². The average Bonchev–Trinajstić information content (AvgIpc) is 3.47. The van der Waals surface area contributed by atoms with Crippen molar-refractivity contribution in [2.24, 2.45) is 17.6 Å². The van der Waals surface area contributed by atoms with Crippen LogP contribution in [0.1, 0.15) is 162 Å². The van der Waals surface area contributed by atoms with E-state index in [1.807, 2.05) is 18.2 Å². The molecule has 0 aromatic carbocycles. The summed E-state index contributed by atoms with van der Waals surface area (Å²) in [5.74, 6) is -3.06. The number of carbonyl (C=O) groups excluding carboxylic acids is 2. The molecule has 1 saturated carbocycles. The van der Waals surface area contributed by atoms with Crippen molar-refractivity contribution in [3.05, 3.63) is 36.5 Å². The summed E-state index contributed by atoms with van der Waals surface area (Å²) in [7, 11) is -4.78. The van der Waals surface area contributed by atoms with E-state index in [0.717, 1.165) is 57.8 Å². The van der Waals surface area contributed by atoms with E-state index in [4.69, 9.17) is 24.8 Å². The molecule has 1 aliphatic carbocycles. The maximum absolute atomic E-state index is 12.7. The van der Waals surface area contributed by atoms with Crippen molar-refractivity contribution in [1.82, 2.24) is 0 Å². The molecule has 0 amide bonds. The summed E-state index contributed by atoms with van der Waals surface area (Å²) in [6.07, 6.45) is 28.8. The summed E-state index contributed by atoms with van der Waals surface area (Å²) in [6, 6.07) is -1.56. The maximum Gasteiger partial charge on any atom is 0.472 e. The second kappa shape index (κ2) is 34.2. The minimum absolute atomic E-state index is 0.0441. The molecule has 15 heteroatoms. The Morgan fingerprint density at radius 2 is 1.29 bits per heavy atom. The van der Waals surface area contributed by atoms with Crippen LogP contribution in [0.2, 0.25) is 0 Å². The fourth-order valence-corrected chi connectivity index (χ4v) is 7.60. The molecule has 0 bridgehead atoms. The van der Waals surface area contributed by atoms with Crippen molar-refractivity contribution >= 4 is 25.7 Å². The lowest BCUT2D eigenvalue weighted by atomic mass is 9.89. The first-order valence-electron chi connectivity index (χ1n) is 22.3. The lowest BCUT2D eigenvalue weighted by molar-refractivity contribution is -0.161. The molecule has 0 aromatic heterocycles. The van der Waals surface area contributed by atoms with Crippen molar-refractivity contribution in [3.8, 4) is 0 Å². The summed E-state index contributed by atoms with van der Waals surface area (Å²) in [4.78, 5) is 46.2. The van der Waals surface area contributed by atoms with Gasteiger partial charge in [0, 0.05) is 25.2 Å². The van der Waals surface area contributed by atoms with Crippen LogP contribution >= 0.6 is 7.82 Å². The number of phosphoric ester groups is 1. The molecule has 1 aliphatic rings. The number of aliphatic carboxylic acids is 1. The van der Waals surface area contributed by atoms with Crippen molar-refractivity contribution in [3.63, 3.8) is 0 Å². The third-order valence-corrected chi connectivity index (χ3v) is 11.4. The molecular formula is C44H78NO13P. The molecule has 0 radical (unpaired) electrons. The van der Waals surface area contributed by atoms with Crippen LogP contribution in [0.25, 0.3) is 0 Å². The van der Waals surface area contributed by atoms with E-state index in [0.29, 0.717) is 32.1 Å². The van der Waals surface area contributed by atoms with E-state index >= 15 is 0 Å². The van der Waals surface area contributed by atoms with E-state index in [1.54, 1.807) is 6.08 Å². The fourth-order valence-electron chi connectivity index (χ4n) is 6.82. The lowest BCUT2D eigenvalue weighted by Gasteiger charge is -2.20. The predicted octanol–water partition coefficient (Wildman–Crippen LogP) is 8.00. The number of rotatable bonds is 37. The summed E-state index contributed by atoms with van der Waals surface area (Å²) < 4.78 is 32.7. The second-order valence-electron chi connectivity index (χ2n) is 15.8. The van der Waals surface area contributed by atoms with E-state index in [2.05, 4.69) is 30.5 Å². The molecule has 0 spiro atoms. The number of unbranched alkanes of at least 4 members (excludes halogenated alkanes) is 14. The average molecular weight is 860 g/mol. The number of allylic oxidation sites excluding steroid dienone is 4. The number of aliphatic hydroxyl groups is 3. The zero-order chi connectivity index (χ0) is 43.7. The zero-order valence-corrected chi connectivity index (χ0v) is 36.8. The van der Waals surface area contributed by atoms with Gasteiger partial charge in [-0.05, 0) is 63.7 Å². The van der Waals surface area contributed by atoms with Crippen molar-refractivity contribution in [1.29, 1.82) is 0 Å². The number of phosphoric acid groups is 1. The number of carbonyl (C=O) groups is 3. The van der Waals surface area contributed by atoms with Gasteiger partial charge in [0.1, 0.15) is 12.6 Å². The van der Waals surface area contributed by atoms with Gasteiger partial charge in [0.25, 0.3) is 0 Å². The highest BCUT2D eigenvalue weighted by Gasteiger charge is 2.39. The molecule has 0 aliphatic heterocycles. The van der Waals surface area contributed by atoms with E-state index in [1.165, 1.54) is 38.5 Å². The first-order valence-corrected chi connectivity index (χ1v) is 23.8. The maximum atomic E-state index is 12.7. The topological polar surface area (TPSA) is 232 Å².